The molecule has 0 amide bonds. The molecule has 5 nitrogen and oxygen atoms in total. The van der Waals surface area contributed by atoms with Crippen molar-refractivity contribution in [3.63, 3.8) is 0 Å². The van der Waals surface area contributed by atoms with E-state index in [1.165, 1.54) is 37.7 Å². The summed E-state index contributed by atoms with van der Waals surface area (Å²) < 4.78 is 6.51. The third kappa shape index (κ3) is 5.75. The van der Waals surface area contributed by atoms with Gasteiger partial charge in [0.05, 0.1) is 24.9 Å². The Hall–Kier alpha value is -1.69. The Morgan fingerprint density at radius 2 is 1.60 bits per heavy atom. The standard InChI is InChI=1S/C39H60O4.CH4O/c1-10-27(25(2)3)33-29-15-16-31-37(7)19-18-32(40)35(4,5)30(37)17-20-39(31,9)38(29,8)22-21-36(33,6)24-43-23-26-13-11-12-14-28(26)34(41)42;1-2/h11-14,27,29-33,40H,2,10,15-24H2,1,3-9H3,(H,41,42);2H,1H3. The Morgan fingerprint density at radius 1 is 0.933 bits per heavy atom. The van der Waals surface area contributed by atoms with Gasteiger partial charge in [-0.25, -0.2) is 4.79 Å². The maximum atomic E-state index is 11.8. The van der Waals surface area contributed by atoms with Crippen LogP contribution in [0.5, 0.6) is 0 Å². The topological polar surface area (TPSA) is 87.0 Å². The summed E-state index contributed by atoms with van der Waals surface area (Å²) in [4.78, 5) is 11.8. The zero-order chi connectivity index (χ0) is 33.6. The first kappa shape index (κ1) is 36.2. The lowest BCUT2D eigenvalue weighted by Gasteiger charge is -2.73. The molecule has 0 heterocycles. The number of aliphatic hydroxyl groups excluding tert-OH is 2. The lowest BCUT2D eigenvalue weighted by molar-refractivity contribution is -0.253. The van der Waals surface area contributed by atoms with Crippen LogP contribution in [0.3, 0.4) is 0 Å². The number of carbonyl (C=O) groups is 1. The molecule has 4 saturated carbocycles. The van der Waals surface area contributed by atoms with E-state index in [1.54, 1.807) is 12.1 Å². The molecular weight excluding hydrogens is 560 g/mol. The van der Waals surface area contributed by atoms with Crippen LogP contribution in [0.4, 0.5) is 0 Å². The third-order valence-electron chi connectivity index (χ3n) is 14.8. The van der Waals surface area contributed by atoms with Gasteiger partial charge in [0.25, 0.3) is 0 Å². The van der Waals surface area contributed by atoms with E-state index in [0.29, 0.717) is 48.4 Å². The van der Waals surface area contributed by atoms with Gasteiger partial charge in [-0.15, -0.1) is 0 Å². The average molecular weight is 625 g/mol. The number of benzene rings is 1. The van der Waals surface area contributed by atoms with Crippen LogP contribution < -0.4 is 0 Å². The molecule has 45 heavy (non-hydrogen) atoms. The molecule has 0 radical (unpaired) electrons. The fourth-order valence-corrected chi connectivity index (χ4v) is 12.3. The van der Waals surface area contributed by atoms with E-state index >= 15 is 0 Å². The number of fused-ring (bicyclic) bond motifs is 5. The van der Waals surface area contributed by atoms with Crippen molar-refractivity contribution in [2.24, 2.45) is 56.7 Å². The zero-order valence-corrected chi connectivity index (χ0v) is 29.9. The predicted octanol–water partition coefficient (Wildman–Crippen LogP) is 9.16. The largest absolute Gasteiger partial charge is 0.478 e. The van der Waals surface area contributed by atoms with E-state index in [2.05, 4.69) is 62.0 Å². The lowest BCUT2D eigenvalue weighted by Crippen LogP contribution is -2.67. The minimum atomic E-state index is -0.894. The van der Waals surface area contributed by atoms with Gasteiger partial charge in [0.2, 0.25) is 0 Å². The summed E-state index contributed by atoms with van der Waals surface area (Å²) in [6, 6.07) is 7.24. The molecule has 0 saturated heterocycles. The molecule has 1 aromatic rings. The molecule has 4 fully saturated rings. The molecule has 1 aromatic carbocycles. The molecule has 10 unspecified atom stereocenters. The molecule has 0 spiro atoms. The number of aliphatic hydroxyl groups is 2. The van der Waals surface area contributed by atoms with Crippen LogP contribution in [-0.2, 0) is 11.3 Å². The molecule has 5 rings (SSSR count). The molecule has 0 bridgehead atoms. The van der Waals surface area contributed by atoms with E-state index in [4.69, 9.17) is 9.84 Å². The minimum absolute atomic E-state index is 0.00319. The summed E-state index contributed by atoms with van der Waals surface area (Å²) in [5.74, 6) is 1.90. The molecule has 10 atom stereocenters. The molecule has 0 aliphatic heterocycles. The van der Waals surface area contributed by atoms with Crippen LogP contribution in [0.1, 0.15) is 129 Å². The predicted molar refractivity (Wildman–Crippen MR) is 183 cm³/mol. The normalized spacial score (nSPS) is 40.9. The van der Waals surface area contributed by atoms with Crippen molar-refractivity contribution < 1.29 is 24.9 Å². The number of hydrogen-bond donors (Lipinski definition) is 3. The van der Waals surface area contributed by atoms with E-state index in [1.807, 2.05) is 12.1 Å². The number of hydrogen-bond acceptors (Lipinski definition) is 4. The van der Waals surface area contributed by atoms with Gasteiger partial charge in [0, 0.05) is 7.11 Å². The lowest BCUT2D eigenvalue weighted by atomic mass is 9.32. The van der Waals surface area contributed by atoms with Gasteiger partial charge in [0.15, 0.2) is 0 Å². The first-order chi connectivity index (χ1) is 21.1. The van der Waals surface area contributed by atoms with Gasteiger partial charge in [-0.05, 0) is 133 Å². The summed E-state index contributed by atoms with van der Waals surface area (Å²) in [7, 11) is 1.00. The smallest absolute Gasteiger partial charge is 0.336 e. The van der Waals surface area contributed by atoms with Crippen molar-refractivity contribution in [2.75, 3.05) is 13.7 Å². The number of carboxylic acids is 1. The highest BCUT2D eigenvalue weighted by atomic mass is 16.5. The quantitative estimate of drug-likeness (QED) is 0.251. The first-order valence-corrected chi connectivity index (χ1v) is 17.7. The maximum Gasteiger partial charge on any atom is 0.336 e. The van der Waals surface area contributed by atoms with Crippen LogP contribution in [0.15, 0.2) is 36.4 Å². The molecule has 254 valence electrons. The molecule has 5 heteroatoms. The molecule has 3 N–H and O–H groups in total. The van der Waals surface area contributed by atoms with Crippen molar-refractivity contribution in [1.29, 1.82) is 0 Å². The number of ether oxygens (including phenoxy) is 1. The number of allylic oxidation sites excluding steroid dienone is 1. The summed E-state index contributed by atoms with van der Waals surface area (Å²) >= 11 is 0. The van der Waals surface area contributed by atoms with Crippen LogP contribution in [0.2, 0.25) is 0 Å². The Morgan fingerprint density at radius 3 is 2.22 bits per heavy atom. The monoisotopic (exact) mass is 624 g/mol. The Bertz CT molecular complexity index is 1220. The van der Waals surface area contributed by atoms with Crippen molar-refractivity contribution in [2.45, 2.75) is 126 Å². The summed E-state index contributed by atoms with van der Waals surface area (Å²) in [5, 5.41) is 27.8. The van der Waals surface area contributed by atoms with E-state index in [9.17, 15) is 15.0 Å². The Balaban J connectivity index is 0.00000226. The highest BCUT2D eigenvalue weighted by Crippen LogP contribution is 2.76. The second-order valence-electron chi connectivity index (χ2n) is 17.0. The second-order valence-corrected chi connectivity index (χ2v) is 17.0. The number of carboxylic acid groups (broad SMARTS) is 1. The number of rotatable bonds is 8. The van der Waals surface area contributed by atoms with Crippen LogP contribution in [0.25, 0.3) is 0 Å². The third-order valence-corrected chi connectivity index (χ3v) is 14.8. The van der Waals surface area contributed by atoms with Gasteiger partial charge in [0.1, 0.15) is 0 Å². The molecule has 4 aliphatic rings. The SMILES string of the molecule is C=C(C)C(CC)C1C2CCC3C4(C)CCC(O)C(C)(C)C4CCC3(C)C2(C)CCC1(C)COCc1ccccc1C(=O)O.CO. The van der Waals surface area contributed by atoms with Crippen molar-refractivity contribution >= 4 is 5.97 Å². The van der Waals surface area contributed by atoms with Gasteiger partial charge < -0.3 is 20.1 Å². The molecular formula is C40H64O5. The minimum Gasteiger partial charge on any atom is -0.478 e. The van der Waals surface area contributed by atoms with Crippen molar-refractivity contribution in [1.82, 2.24) is 0 Å². The summed E-state index contributed by atoms with van der Waals surface area (Å²) in [6.45, 7) is 25.2. The fourth-order valence-electron chi connectivity index (χ4n) is 12.3. The Labute approximate surface area is 274 Å². The summed E-state index contributed by atoms with van der Waals surface area (Å²) in [6.07, 6.45) is 10.4. The van der Waals surface area contributed by atoms with Crippen molar-refractivity contribution in [3.8, 4) is 0 Å². The number of aromatic carboxylic acids is 1. The van der Waals surface area contributed by atoms with Crippen LogP contribution in [-0.4, -0.2) is 41.1 Å². The first-order valence-electron chi connectivity index (χ1n) is 17.7. The van der Waals surface area contributed by atoms with Crippen LogP contribution >= 0.6 is 0 Å². The highest BCUT2D eigenvalue weighted by molar-refractivity contribution is 5.89. The summed E-state index contributed by atoms with van der Waals surface area (Å²) in [5.41, 5.74) is 3.15. The highest BCUT2D eigenvalue weighted by Gasteiger charge is 2.69. The Kier molecular flexibility index (Phi) is 10.5. The van der Waals surface area contributed by atoms with E-state index < -0.39 is 5.97 Å². The second kappa shape index (κ2) is 13.1. The van der Waals surface area contributed by atoms with Crippen LogP contribution in [0, 0.1) is 56.7 Å². The van der Waals surface area contributed by atoms with Gasteiger partial charge in [-0.2, -0.15) is 0 Å². The molecule has 0 aromatic heterocycles. The van der Waals surface area contributed by atoms with Gasteiger partial charge in [-0.3, -0.25) is 0 Å². The van der Waals surface area contributed by atoms with Gasteiger partial charge in [-0.1, -0.05) is 78.8 Å². The zero-order valence-electron chi connectivity index (χ0n) is 29.9. The average Bonchev–Trinajstić information content (AvgIpc) is 2.99. The molecule has 4 aliphatic carbocycles. The fraction of sp³-hybridized carbons (Fsp3) is 0.775. The maximum absolute atomic E-state index is 11.8. The van der Waals surface area contributed by atoms with Gasteiger partial charge >= 0.3 is 5.97 Å². The van der Waals surface area contributed by atoms with Crippen molar-refractivity contribution in [3.05, 3.63) is 47.5 Å². The van der Waals surface area contributed by atoms with E-state index in [-0.39, 0.29) is 33.2 Å². The van der Waals surface area contributed by atoms with E-state index in [0.717, 1.165) is 38.4 Å².